The highest BCUT2D eigenvalue weighted by atomic mass is 31.2. The monoisotopic (exact) mass is 938 g/mol. The maximum Gasteiger partial charge on any atom is 0.171 e. The van der Waals surface area contributed by atoms with Crippen molar-refractivity contribution in [3.05, 3.63) is 168 Å². The molecule has 7 aliphatic rings. The van der Waals surface area contributed by atoms with Gasteiger partial charge in [0.1, 0.15) is 0 Å². The Bertz CT molecular complexity index is 2840. The fourth-order valence-electron chi connectivity index (χ4n) is 14.7. The Balaban J connectivity index is 0.923. The molecule has 68 heavy (non-hydrogen) atoms. The molecule has 2 saturated heterocycles. The van der Waals surface area contributed by atoms with E-state index in [4.69, 9.17) is 9.47 Å². The van der Waals surface area contributed by atoms with Crippen LogP contribution in [0.1, 0.15) is 114 Å². The van der Waals surface area contributed by atoms with Crippen LogP contribution in [0.5, 0.6) is 0 Å². The van der Waals surface area contributed by atoms with Crippen molar-refractivity contribution in [3.8, 4) is 0 Å². The average Bonchev–Trinajstić information content (AvgIpc) is 3.38. The van der Waals surface area contributed by atoms with Crippen LogP contribution in [-0.4, -0.2) is 48.6 Å². The smallest absolute Gasteiger partial charge is 0.171 e. The van der Waals surface area contributed by atoms with Gasteiger partial charge in [-0.2, -0.15) is 0 Å². The van der Waals surface area contributed by atoms with E-state index in [0.717, 1.165) is 92.6 Å². The molecule has 4 heterocycles. The van der Waals surface area contributed by atoms with Crippen molar-refractivity contribution in [2.75, 3.05) is 9.80 Å². The zero-order valence-electron chi connectivity index (χ0n) is 40.0. The van der Waals surface area contributed by atoms with Gasteiger partial charge in [-0.1, -0.05) is 175 Å². The molecule has 0 bridgehead atoms. The van der Waals surface area contributed by atoms with Crippen molar-refractivity contribution in [2.24, 2.45) is 0 Å². The Morgan fingerprint density at radius 3 is 1.21 bits per heavy atom. The van der Waals surface area contributed by atoms with Crippen LogP contribution in [0.4, 0.5) is 11.4 Å². The molecule has 0 spiro atoms. The summed E-state index contributed by atoms with van der Waals surface area (Å²) in [5, 5.41) is 5.67. The third-order valence-corrected chi connectivity index (χ3v) is 24.2. The third-order valence-electron chi connectivity index (χ3n) is 17.9. The Labute approximate surface area is 403 Å². The summed E-state index contributed by atoms with van der Waals surface area (Å²) in [4.78, 5) is 5.51. The van der Waals surface area contributed by atoms with Gasteiger partial charge in [0, 0.05) is 54.0 Å². The number of anilines is 2. The third kappa shape index (κ3) is 6.22. The molecule has 5 fully saturated rings. The first kappa shape index (κ1) is 43.3. The van der Waals surface area contributed by atoms with Crippen LogP contribution in [0.3, 0.4) is 0 Å². The van der Waals surface area contributed by atoms with Gasteiger partial charge in [0.05, 0.1) is 48.6 Å². The van der Waals surface area contributed by atoms with E-state index in [1.807, 2.05) is 36.4 Å². The van der Waals surface area contributed by atoms with Crippen LogP contribution in [0.15, 0.2) is 146 Å². The van der Waals surface area contributed by atoms with E-state index in [1.165, 1.54) is 37.1 Å². The van der Waals surface area contributed by atoms with Gasteiger partial charge >= 0.3 is 0 Å². The van der Waals surface area contributed by atoms with E-state index < -0.39 is 14.3 Å². The number of ether oxygens (including phenoxy) is 2. The Hall–Kier alpha value is -4.70. The second-order valence-corrected chi connectivity index (χ2v) is 27.5. The summed E-state index contributed by atoms with van der Waals surface area (Å²) >= 11 is 0. The Kier molecular flexibility index (Phi) is 10.1. The maximum absolute atomic E-state index is 16.3. The van der Waals surface area contributed by atoms with Gasteiger partial charge in [0.2, 0.25) is 0 Å². The highest BCUT2D eigenvalue weighted by molar-refractivity contribution is 7.86. The summed E-state index contributed by atoms with van der Waals surface area (Å²) in [6.07, 6.45) is 10.9. The van der Waals surface area contributed by atoms with Crippen molar-refractivity contribution >= 4 is 57.5 Å². The van der Waals surface area contributed by atoms with E-state index in [-0.39, 0.29) is 59.4 Å². The van der Waals surface area contributed by atoms with Crippen LogP contribution in [-0.2, 0) is 29.4 Å². The number of benzene rings is 6. The molecule has 0 N–H and O–H groups in total. The van der Waals surface area contributed by atoms with Gasteiger partial charge in [-0.05, 0) is 85.0 Å². The second kappa shape index (κ2) is 15.9. The highest BCUT2D eigenvalue weighted by Crippen LogP contribution is 2.56. The second-order valence-electron chi connectivity index (χ2n) is 22.1. The molecular formula is C60H64N2O4P2. The molecule has 10 unspecified atom stereocenters. The zero-order valence-corrected chi connectivity index (χ0v) is 41.8. The Morgan fingerprint density at radius 1 is 0.412 bits per heavy atom. The lowest BCUT2D eigenvalue weighted by molar-refractivity contribution is -0.154. The molecule has 13 rings (SSSR count). The molecule has 0 amide bonds. The minimum Gasteiger partial charge on any atom is -0.371 e. The van der Waals surface area contributed by atoms with Crippen molar-refractivity contribution in [3.63, 3.8) is 0 Å². The van der Waals surface area contributed by atoms with Crippen LogP contribution in [0, 0.1) is 0 Å². The lowest BCUT2D eigenvalue weighted by Gasteiger charge is -2.61. The predicted molar refractivity (Wildman–Crippen MR) is 280 cm³/mol. The standard InChI is InChI=1S/C60H64N2O4P2/c1-59(2)43-23-11-17-29-55(43)67(63,41-19-7-5-8-20-41)57-35-39(31-33-45(57)59)61-47-25-13-15-27-51(47)65-53-38-50-54(37-49(53)61)66-52-28-16-14-26-48(52)62(50)40-32-34-46-58(36-40)68(64,42-21-9-6-10-22-42)56-30-18-12-24-44(56)60(46,3)4/h5-12,17-24,29-36,47-54H,13-16,25-28,37-38H2,1-4H3. The normalized spacial score (nSPS) is 32.7. The van der Waals surface area contributed by atoms with Crippen molar-refractivity contribution < 1.29 is 18.6 Å². The summed E-state index contributed by atoms with van der Waals surface area (Å²) in [6, 6.07) is 52.2. The van der Waals surface area contributed by atoms with Gasteiger partial charge in [0.15, 0.2) is 14.3 Å². The number of rotatable bonds is 4. The summed E-state index contributed by atoms with van der Waals surface area (Å²) in [7, 11) is -6.46. The SMILES string of the molecule is CC1(C)c2ccccc2P(=O)(c2ccccc2)c2cc(N3C4CCCCC4OC4CC5C(CC43)OC3CCCCC3N5c3ccc4c(c3)P(=O)(c3ccccc3)c3ccccc3C4(C)C)ccc21. The molecule has 10 atom stereocenters. The largest absolute Gasteiger partial charge is 0.371 e. The van der Waals surface area contributed by atoms with Crippen molar-refractivity contribution in [2.45, 2.75) is 151 Å². The molecule has 0 radical (unpaired) electrons. The molecule has 4 aliphatic heterocycles. The number of morpholine rings is 2. The summed E-state index contributed by atoms with van der Waals surface area (Å²) in [5.41, 5.74) is 6.33. The van der Waals surface area contributed by atoms with Gasteiger partial charge in [0.25, 0.3) is 0 Å². The van der Waals surface area contributed by atoms with Gasteiger partial charge in [-0.15, -0.1) is 0 Å². The van der Waals surface area contributed by atoms with Crippen LogP contribution < -0.4 is 41.6 Å². The van der Waals surface area contributed by atoms with E-state index >= 15 is 9.13 Å². The van der Waals surface area contributed by atoms with E-state index in [2.05, 4.69) is 147 Å². The molecule has 0 aromatic heterocycles. The topological polar surface area (TPSA) is 59.1 Å². The molecule has 6 aromatic rings. The number of hydrogen-bond donors (Lipinski definition) is 0. The first-order valence-corrected chi connectivity index (χ1v) is 29.1. The average molecular weight is 939 g/mol. The quantitative estimate of drug-likeness (QED) is 0.164. The summed E-state index contributed by atoms with van der Waals surface area (Å²) < 4.78 is 47.4. The fraction of sp³-hybridized carbons (Fsp3) is 0.400. The van der Waals surface area contributed by atoms with Gasteiger partial charge in [-0.3, -0.25) is 0 Å². The molecule has 3 saturated carbocycles. The van der Waals surface area contributed by atoms with Crippen molar-refractivity contribution in [1.29, 1.82) is 0 Å². The Morgan fingerprint density at radius 2 is 0.779 bits per heavy atom. The minimum absolute atomic E-state index is 0.00479. The first-order chi connectivity index (χ1) is 33.0. The number of nitrogens with zero attached hydrogens (tertiary/aromatic N) is 2. The molecule has 348 valence electrons. The summed E-state index contributed by atoms with van der Waals surface area (Å²) in [6.45, 7) is 9.20. The van der Waals surface area contributed by atoms with Crippen LogP contribution in [0.2, 0.25) is 0 Å². The molecular weight excluding hydrogens is 875 g/mol. The highest BCUT2D eigenvalue weighted by Gasteiger charge is 2.56. The maximum atomic E-state index is 16.3. The first-order valence-electron chi connectivity index (χ1n) is 25.7. The van der Waals surface area contributed by atoms with Crippen molar-refractivity contribution in [1.82, 2.24) is 0 Å². The van der Waals surface area contributed by atoms with E-state index in [1.54, 1.807) is 0 Å². The number of hydrogen-bond acceptors (Lipinski definition) is 6. The van der Waals surface area contributed by atoms with E-state index in [0.29, 0.717) is 0 Å². The molecule has 6 aromatic carbocycles. The lowest BCUT2D eigenvalue weighted by atomic mass is 9.75. The fourth-order valence-corrected chi connectivity index (χ4v) is 21.5. The predicted octanol–water partition coefficient (Wildman–Crippen LogP) is 10.5. The molecule has 3 aliphatic carbocycles. The summed E-state index contributed by atoms with van der Waals surface area (Å²) in [5.74, 6) is 0. The zero-order chi connectivity index (χ0) is 46.2. The minimum atomic E-state index is -3.23. The molecule has 8 heteroatoms. The van der Waals surface area contributed by atoms with Crippen LogP contribution in [0.25, 0.3) is 0 Å². The lowest BCUT2D eigenvalue weighted by Crippen LogP contribution is -2.71. The van der Waals surface area contributed by atoms with Gasteiger partial charge in [-0.25, -0.2) is 0 Å². The van der Waals surface area contributed by atoms with Crippen LogP contribution >= 0.6 is 14.3 Å². The van der Waals surface area contributed by atoms with E-state index in [9.17, 15) is 0 Å². The number of fused-ring (bicyclic) bond motifs is 8. The van der Waals surface area contributed by atoms with Gasteiger partial charge < -0.3 is 28.4 Å². The molecule has 6 nitrogen and oxygen atoms in total.